The van der Waals surface area contributed by atoms with Gasteiger partial charge in [-0.3, -0.25) is 0 Å². The number of hydrogen-bond donors (Lipinski definition) is 2. The molecular weight excluding hydrogens is 206 g/mol. The van der Waals surface area contributed by atoms with Gasteiger partial charge in [0.2, 0.25) is 4.38 Å². The molecule has 0 saturated heterocycles. The average Bonchev–Trinajstić information content (AvgIpc) is 1.84. The number of sulfonamides is 1. The Kier molecular flexibility index (Phi) is 4.78. The molecular formula is C4H9NO3S3. The zero-order chi connectivity index (χ0) is 8.91. The number of aliphatic hydroxyl groups is 1. The van der Waals surface area contributed by atoms with Gasteiger partial charge in [0.15, 0.2) is 0 Å². The van der Waals surface area contributed by atoms with E-state index in [9.17, 15) is 8.42 Å². The molecule has 0 radical (unpaired) electrons. The van der Waals surface area contributed by atoms with Crippen LogP contribution in [0.15, 0.2) is 3.77 Å². The number of hydrogen-bond acceptors (Lipinski definition) is 3. The summed E-state index contributed by atoms with van der Waals surface area (Å²) in [5.41, 5.74) is 0. The summed E-state index contributed by atoms with van der Waals surface area (Å²) in [6, 6.07) is 0. The van der Waals surface area contributed by atoms with Crippen LogP contribution in [0.5, 0.6) is 0 Å². The predicted molar refractivity (Wildman–Crippen MR) is 50.5 cm³/mol. The summed E-state index contributed by atoms with van der Waals surface area (Å²) in [6.45, 7) is 1.74. The van der Waals surface area contributed by atoms with Crippen molar-refractivity contribution < 1.29 is 13.5 Å². The van der Waals surface area contributed by atoms with Crippen LogP contribution in [0.2, 0.25) is 0 Å². The van der Waals surface area contributed by atoms with Crippen molar-refractivity contribution in [1.29, 1.82) is 0 Å². The molecule has 0 aliphatic heterocycles. The second-order valence-corrected chi connectivity index (χ2v) is 5.29. The van der Waals surface area contributed by atoms with Gasteiger partial charge in [-0.1, -0.05) is 6.92 Å². The van der Waals surface area contributed by atoms with Crippen LogP contribution in [-0.2, 0) is 21.6 Å². The van der Waals surface area contributed by atoms with Gasteiger partial charge in [0.25, 0.3) is 10.0 Å². The lowest BCUT2D eigenvalue weighted by atomic mass is 10.6. The fraction of sp³-hybridized carbons (Fsp3) is 0.750. The number of rotatable bonds is 3. The van der Waals surface area contributed by atoms with Crippen molar-refractivity contribution in [3.8, 4) is 0 Å². The van der Waals surface area contributed by atoms with Gasteiger partial charge in [0.05, 0.1) is 5.75 Å². The summed E-state index contributed by atoms with van der Waals surface area (Å²) in [5, 5.41) is 8.44. The smallest absolute Gasteiger partial charge is 0.258 e. The molecule has 0 aromatic rings. The maximum atomic E-state index is 10.8. The predicted octanol–water partition coefficient (Wildman–Crippen LogP) is 0.568. The standard InChI is InChI=1S/C4H9NO3S3/c1-2-3-11(7,8)5-10-4(6)9/h10H,2-3H2,1H3,(H,6,9). The Morgan fingerprint density at radius 2 is 2.27 bits per heavy atom. The van der Waals surface area contributed by atoms with Crippen LogP contribution in [0.4, 0.5) is 0 Å². The minimum Gasteiger partial charge on any atom is -0.494 e. The lowest BCUT2D eigenvalue weighted by Gasteiger charge is -1.91. The third-order valence-corrected chi connectivity index (χ3v) is 3.37. The first-order valence-electron chi connectivity index (χ1n) is 2.86. The largest absolute Gasteiger partial charge is 0.494 e. The molecule has 0 unspecified atom stereocenters. The zero-order valence-corrected chi connectivity index (χ0v) is 8.42. The molecule has 0 aromatic carbocycles. The molecule has 0 heterocycles. The molecule has 11 heavy (non-hydrogen) atoms. The minimum atomic E-state index is -3.36. The van der Waals surface area contributed by atoms with E-state index in [1.165, 1.54) is 0 Å². The average molecular weight is 215 g/mol. The summed E-state index contributed by atoms with van der Waals surface area (Å²) in [4.78, 5) is 0. The van der Waals surface area contributed by atoms with Gasteiger partial charge in [0.1, 0.15) is 0 Å². The van der Waals surface area contributed by atoms with E-state index >= 15 is 0 Å². The van der Waals surface area contributed by atoms with Crippen LogP contribution in [0, 0.1) is 0 Å². The summed E-state index contributed by atoms with van der Waals surface area (Å²) in [7, 11) is -3.36. The Bertz CT molecular complexity index is 256. The van der Waals surface area contributed by atoms with Crippen LogP contribution >= 0.6 is 12.2 Å². The number of aliphatic hydroxyl groups excluding tert-OH is 1. The molecule has 0 aromatic heterocycles. The summed E-state index contributed by atoms with van der Waals surface area (Å²) >= 11 is 4.17. The van der Waals surface area contributed by atoms with Gasteiger partial charge in [-0.15, -0.1) is 3.77 Å². The van der Waals surface area contributed by atoms with E-state index in [0.717, 1.165) is 0 Å². The second-order valence-electron chi connectivity index (χ2n) is 1.75. The Balaban J connectivity index is 4.25. The van der Waals surface area contributed by atoms with Crippen LogP contribution in [-0.4, -0.2) is 23.7 Å². The van der Waals surface area contributed by atoms with Crippen LogP contribution < -0.4 is 0 Å². The first-order chi connectivity index (χ1) is 4.98. The lowest BCUT2D eigenvalue weighted by molar-refractivity contribution is 0.585. The van der Waals surface area contributed by atoms with E-state index in [2.05, 4.69) is 16.0 Å². The molecule has 0 aliphatic carbocycles. The SMILES string of the molecule is CCCS(=O)(=O)N=[SH]C(O)=S. The molecule has 0 aliphatic rings. The highest BCUT2D eigenvalue weighted by atomic mass is 32.2. The molecule has 0 fully saturated rings. The summed E-state index contributed by atoms with van der Waals surface area (Å²) < 4.78 is 24.4. The van der Waals surface area contributed by atoms with E-state index in [1.807, 2.05) is 0 Å². The molecule has 1 N–H and O–H groups in total. The van der Waals surface area contributed by atoms with E-state index in [1.54, 1.807) is 6.92 Å². The Hall–Kier alpha value is -0.0100. The second kappa shape index (κ2) is 4.78. The number of thiol groups is 1. The van der Waals surface area contributed by atoms with Gasteiger partial charge in [-0.2, -0.15) is 0 Å². The molecule has 0 bridgehead atoms. The molecule has 0 rings (SSSR count). The van der Waals surface area contributed by atoms with Crippen molar-refractivity contribution in [3.63, 3.8) is 0 Å². The topological polar surface area (TPSA) is 66.7 Å². The fourth-order valence-electron chi connectivity index (χ4n) is 0.396. The van der Waals surface area contributed by atoms with Gasteiger partial charge in [0, 0.05) is 0 Å². The van der Waals surface area contributed by atoms with Crippen molar-refractivity contribution in [2.24, 2.45) is 3.77 Å². The number of thiocarbonyl (C=S) groups is 1. The first-order valence-corrected chi connectivity index (χ1v) is 5.73. The van der Waals surface area contributed by atoms with Gasteiger partial charge < -0.3 is 5.11 Å². The van der Waals surface area contributed by atoms with Crippen molar-refractivity contribution in [3.05, 3.63) is 0 Å². The van der Waals surface area contributed by atoms with Gasteiger partial charge >= 0.3 is 0 Å². The highest BCUT2D eigenvalue weighted by Crippen LogP contribution is 1.94. The minimum absolute atomic E-state index is 0.00259. The quantitative estimate of drug-likeness (QED) is 0.533. The Labute approximate surface area is 74.8 Å². The van der Waals surface area contributed by atoms with E-state index in [-0.39, 0.29) is 17.3 Å². The number of nitrogens with zero attached hydrogens (tertiary/aromatic N) is 1. The van der Waals surface area contributed by atoms with E-state index in [4.69, 9.17) is 5.11 Å². The maximum absolute atomic E-state index is 10.8. The highest BCUT2D eigenvalue weighted by molar-refractivity contribution is 8.07. The highest BCUT2D eigenvalue weighted by Gasteiger charge is 2.03. The molecule has 0 spiro atoms. The van der Waals surface area contributed by atoms with Crippen molar-refractivity contribution in [2.75, 3.05) is 5.75 Å². The lowest BCUT2D eigenvalue weighted by Crippen LogP contribution is -2.01. The molecule has 0 amide bonds. The van der Waals surface area contributed by atoms with Gasteiger partial charge in [-0.25, -0.2) is 8.42 Å². The van der Waals surface area contributed by atoms with E-state index < -0.39 is 14.4 Å². The van der Waals surface area contributed by atoms with E-state index in [0.29, 0.717) is 6.42 Å². The monoisotopic (exact) mass is 215 g/mol. The molecule has 4 nitrogen and oxygen atoms in total. The third kappa shape index (κ3) is 6.39. The van der Waals surface area contributed by atoms with Crippen molar-refractivity contribution in [1.82, 2.24) is 0 Å². The molecule has 7 heteroatoms. The van der Waals surface area contributed by atoms with Crippen LogP contribution in [0.25, 0.3) is 0 Å². The van der Waals surface area contributed by atoms with Gasteiger partial charge in [-0.05, 0) is 30.2 Å². The van der Waals surface area contributed by atoms with Crippen molar-refractivity contribution >= 4 is 38.2 Å². The first kappa shape index (κ1) is 11.0. The molecule has 0 saturated carbocycles. The third-order valence-electron chi connectivity index (χ3n) is 0.713. The Morgan fingerprint density at radius 3 is 2.64 bits per heavy atom. The normalized spacial score (nSPS) is 12.8. The fourth-order valence-corrected chi connectivity index (χ4v) is 2.32. The van der Waals surface area contributed by atoms with Crippen molar-refractivity contribution in [2.45, 2.75) is 13.3 Å². The molecule has 66 valence electrons. The maximum Gasteiger partial charge on any atom is 0.258 e. The van der Waals surface area contributed by atoms with Crippen LogP contribution in [0.1, 0.15) is 13.3 Å². The van der Waals surface area contributed by atoms with Crippen LogP contribution in [0.3, 0.4) is 0 Å². The zero-order valence-electron chi connectivity index (χ0n) is 5.89. The summed E-state index contributed by atoms with van der Waals surface area (Å²) in [6.07, 6.45) is 0.513. The Morgan fingerprint density at radius 1 is 1.73 bits per heavy atom. The molecule has 0 atom stereocenters. The summed E-state index contributed by atoms with van der Waals surface area (Å²) in [5.74, 6) is 0.00259.